The fourth-order valence-corrected chi connectivity index (χ4v) is 3.04. The maximum absolute atomic E-state index is 5.98. The molecule has 0 aliphatic rings. The number of hydrogen-bond donors (Lipinski definition) is 1. The number of nitrogens with zero attached hydrogens (tertiary/aromatic N) is 4. The van der Waals surface area contributed by atoms with Gasteiger partial charge in [-0.1, -0.05) is 6.92 Å². The lowest BCUT2D eigenvalue weighted by Crippen LogP contribution is -2.04. The molecule has 0 aliphatic heterocycles. The quantitative estimate of drug-likeness (QED) is 0.749. The van der Waals surface area contributed by atoms with E-state index in [1.54, 1.807) is 17.5 Å². The van der Waals surface area contributed by atoms with E-state index in [4.69, 9.17) is 11.6 Å². The van der Waals surface area contributed by atoms with E-state index < -0.39 is 0 Å². The molecule has 3 aromatic rings. The summed E-state index contributed by atoms with van der Waals surface area (Å²) in [4.78, 5) is 18.8. The number of hydrogen-bond acceptors (Lipinski definition) is 6. The maximum atomic E-state index is 5.98. The Morgan fingerprint density at radius 2 is 2.25 bits per heavy atom. The molecule has 5 nitrogen and oxygen atoms in total. The van der Waals surface area contributed by atoms with Crippen LogP contribution >= 0.6 is 22.9 Å². The molecule has 0 fully saturated rings. The minimum Gasteiger partial charge on any atom is -0.364 e. The van der Waals surface area contributed by atoms with Crippen LogP contribution in [0.2, 0.25) is 5.28 Å². The van der Waals surface area contributed by atoms with Crippen LogP contribution in [-0.2, 0) is 13.0 Å². The van der Waals surface area contributed by atoms with Gasteiger partial charge in [0.05, 0.1) is 17.6 Å². The number of rotatable bonds is 4. The lowest BCUT2D eigenvalue weighted by Gasteiger charge is -2.06. The molecule has 0 bridgehead atoms. The van der Waals surface area contributed by atoms with Crippen molar-refractivity contribution in [1.29, 1.82) is 0 Å². The van der Waals surface area contributed by atoms with Gasteiger partial charge in [-0.05, 0) is 30.2 Å². The van der Waals surface area contributed by atoms with Crippen molar-refractivity contribution in [2.75, 3.05) is 5.32 Å². The van der Waals surface area contributed by atoms with Crippen molar-refractivity contribution in [3.05, 3.63) is 40.5 Å². The highest BCUT2D eigenvalue weighted by Gasteiger charge is 2.10. The highest BCUT2D eigenvalue weighted by Crippen LogP contribution is 2.30. The van der Waals surface area contributed by atoms with Gasteiger partial charge < -0.3 is 5.32 Å². The van der Waals surface area contributed by atoms with Crippen LogP contribution in [0.25, 0.3) is 10.2 Å². The van der Waals surface area contributed by atoms with Gasteiger partial charge in [-0.25, -0.2) is 19.9 Å². The summed E-state index contributed by atoms with van der Waals surface area (Å²) in [5.41, 5.74) is 0.897. The largest absolute Gasteiger partial charge is 0.364 e. The van der Waals surface area contributed by atoms with E-state index in [-0.39, 0.29) is 5.28 Å². The lowest BCUT2D eigenvalue weighted by molar-refractivity contribution is 0.997. The van der Waals surface area contributed by atoms with Crippen LogP contribution < -0.4 is 5.32 Å². The number of halogens is 1. The van der Waals surface area contributed by atoms with E-state index in [0.29, 0.717) is 6.54 Å². The molecule has 0 unspecified atom stereocenters. The Morgan fingerprint density at radius 3 is 3.00 bits per heavy atom. The van der Waals surface area contributed by atoms with Gasteiger partial charge in [-0.15, -0.1) is 11.3 Å². The molecule has 0 amide bonds. The summed E-state index contributed by atoms with van der Waals surface area (Å²) in [6.07, 6.45) is 4.22. The summed E-state index contributed by atoms with van der Waals surface area (Å²) in [5.74, 6) is 0.745. The van der Waals surface area contributed by atoms with Crippen LogP contribution in [-0.4, -0.2) is 19.9 Å². The zero-order valence-electron chi connectivity index (χ0n) is 10.8. The Hall–Kier alpha value is -1.79. The van der Waals surface area contributed by atoms with E-state index in [1.807, 2.05) is 6.07 Å². The number of anilines is 1. The zero-order chi connectivity index (χ0) is 13.9. The van der Waals surface area contributed by atoms with E-state index in [0.717, 1.165) is 28.1 Å². The molecule has 3 heterocycles. The number of thiophene rings is 1. The molecule has 3 rings (SSSR count). The van der Waals surface area contributed by atoms with E-state index in [9.17, 15) is 0 Å². The molecular weight excluding hydrogens is 294 g/mol. The molecule has 0 atom stereocenters. The SMILES string of the molecule is CCc1cc2c(NCc3ccncn3)nc(Cl)nc2s1. The third kappa shape index (κ3) is 2.71. The van der Waals surface area contributed by atoms with Crippen molar-refractivity contribution >= 4 is 39.0 Å². The summed E-state index contributed by atoms with van der Waals surface area (Å²) in [7, 11) is 0. The molecule has 0 spiro atoms. The molecule has 0 saturated carbocycles. The monoisotopic (exact) mass is 305 g/mol. The van der Waals surface area contributed by atoms with Crippen molar-refractivity contribution in [3.8, 4) is 0 Å². The Balaban J connectivity index is 1.92. The van der Waals surface area contributed by atoms with Gasteiger partial charge >= 0.3 is 0 Å². The van der Waals surface area contributed by atoms with Crippen molar-refractivity contribution < 1.29 is 0 Å². The van der Waals surface area contributed by atoms with E-state index in [2.05, 4.69) is 38.2 Å². The molecule has 3 aromatic heterocycles. The van der Waals surface area contributed by atoms with Gasteiger partial charge in [0.15, 0.2) is 0 Å². The molecule has 0 aromatic carbocycles. The van der Waals surface area contributed by atoms with Crippen molar-refractivity contribution in [1.82, 2.24) is 19.9 Å². The van der Waals surface area contributed by atoms with Crippen LogP contribution in [0.3, 0.4) is 0 Å². The fourth-order valence-electron chi connectivity index (χ4n) is 1.85. The van der Waals surface area contributed by atoms with Gasteiger partial charge in [0.2, 0.25) is 5.28 Å². The Kier molecular flexibility index (Phi) is 3.75. The highest BCUT2D eigenvalue weighted by molar-refractivity contribution is 7.18. The third-order valence-corrected chi connectivity index (χ3v) is 4.19. The second kappa shape index (κ2) is 5.68. The molecule has 102 valence electrons. The number of nitrogens with one attached hydrogen (secondary N) is 1. The molecule has 0 aliphatic carbocycles. The molecular formula is C13H12ClN5S. The van der Waals surface area contributed by atoms with E-state index in [1.165, 1.54) is 11.2 Å². The second-order valence-corrected chi connectivity index (χ2v) is 5.63. The highest BCUT2D eigenvalue weighted by atomic mass is 35.5. The second-order valence-electron chi connectivity index (χ2n) is 4.18. The summed E-state index contributed by atoms with van der Waals surface area (Å²) in [6.45, 7) is 2.69. The van der Waals surface area contributed by atoms with Crippen LogP contribution in [0.4, 0.5) is 5.82 Å². The normalized spacial score (nSPS) is 10.9. The Morgan fingerprint density at radius 1 is 1.35 bits per heavy atom. The average molecular weight is 306 g/mol. The Bertz CT molecular complexity index is 728. The topological polar surface area (TPSA) is 63.6 Å². The predicted octanol–water partition coefficient (Wildman–Crippen LogP) is 3.31. The summed E-state index contributed by atoms with van der Waals surface area (Å²) in [6, 6.07) is 3.97. The van der Waals surface area contributed by atoms with Crippen molar-refractivity contribution in [2.45, 2.75) is 19.9 Å². The van der Waals surface area contributed by atoms with Gasteiger partial charge in [0.1, 0.15) is 17.0 Å². The maximum Gasteiger partial charge on any atom is 0.225 e. The Labute approximate surface area is 125 Å². The smallest absolute Gasteiger partial charge is 0.225 e. The van der Waals surface area contributed by atoms with E-state index >= 15 is 0 Å². The first-order chi connectivity index (χ1) is 9.76. The standard InChI is InChI=1S/C13H12ClN5S/c1-2-9-5-10-11(18-13(14)19-12(10)20-9)16-6-8-3-4-15-7-17-8/h3-5,7H,2,6H2,1H3,(H,16,18,19). The molecule has 7 heteroatoms. The first-order valence-corrected chi connectivity index (χ1v) is 7.40. The van der Waals surface area contributed by atoms with Crippen LogP contribution in [0.5, 0.6) is 0 Å². The summed E-state index contributed by atoms with van der Waals surface area (Å²) in [5, 5.41) is 4.52. The fraction of sp³-hybridized carbons (Fsp3) is 0.231. The minimum atomic E-state index is 0.257. The van der Waals surface area contributed by atoms with Crippen LogP contribution in [0, 0.1) is 0 Å². The van der Waals surface area contributed by atoms with Gasteiger partial charge in [-0.3, -0.25) is 0 Å². The van der Waals surface area contributed by atoms with Crippen LogP contribution in [0.15, 0.2) is 24.7 Å². The first-order valence-electron chi connectivity index (χ1n) is 6.21. The molecule has 1 N–H and O–H groups in total. The summed E-state index contributed by atoms with van der Waals surface area (Å²) >= 11 is 7.62. The zero-order valence-corrected chi connectivity index (χ0v) is 12.4. The van der Waals surface area contributed by atoms with Crippen LogP contribution in [0.1, 0.15) is 17.5 Å². The number of aryl methyl sites for hydroxylation is 1. The summed E-state index contributed by atoms with van der Waals surface area (Å²) < 4.78 is 0. The van der Waals surface area contributed by atoms with Gasteiger partial charge in [-0.2, -0.15) is 0 Å². The minimum absolute atomic E-state index is 0.257. The third-order valence-electron chi connectivity index (χ3n) is 2.85. The van der Waals surface area contributed by atoms with Gasteiger partial charge in [0, 0.05) is 11.1 Å². The van der Waals surface area contributed by atoms with Crippen molar-refractivity contribution in [2.24, 2.45) is 0 Å². The first kappa shape index (κ1) is 13.2. The number of fused-ring (bicyclic) bond motifs is 1. The predicted molar refractivity (Wildman–Crippen MR) is 81.2 cm³/mol. The van der Waals surface area contributed by atoms with Crippen molar-refractivity contribution in [3.63, 3.8) is 0 Å². The average Bonchev–Trinajstić information content (AvgIpc) is 2.88. The van der Waals surface area contributed by atoms with Gasteiger partial charge in [0.25, 0.3) is 0 Å². The molecule has 0 saturated heterocycles. The molecule has 0 radical (unpaired) electrons. The number of aromatic nitrogens is 4. The lowest BCUT2D eigenvalue weighted by atomic mass is 10.3. The molecule has 20 heavy (non-hydrogen) atoms.